The highest BCUT2D eigenvalue weighted by Gasteiger charge is 2.20. The topological polar surface area (TPSA) is 67.4 Å². The molecule has 0 aliphatic carbocycles. The molecule has 144 valence electrons. The molecule has 4 rings (SSSR count). The molecular weight excluding hydrogens is 364 g/mol. The van der Waals surface area contributed by atoms with Crippen LogP contribution in [0.3, 0.4) is 0 Å². The highest BCUT2D eigenvalue weighted by Crippen LogP contribution is 2.31. The van der Waals surface area contributed by atoms with E-state index < -0.39 is 0 Å². The van der Waals surface area contributed by atoms with Gasteiger partial charge in [0.05, 0.1) is 11.3 Å². The van der Waals surface area contributed by atoms with Crippen LogP contribution in [0.1, 0.15) is 31.8 Å². The Morgan fingerprint density at radius 2 is 1.69 bits per heavy atom. The van der Waals surface area contributed by atoms with E-state index in [1.165, 1.54) is 0 Å². The van der Waals surface area contributed by atoms with Crippen LogP contribution in [0.5, 0.6) is 5.75 Å². The van der Waals surface area contributed by atoms with Crippen molar-refractivity contribution < 1.29 is 14.3 Å². The average Bonchev–Trinajstić information content (AvgIpc) is 2.77. The lowest BCUT2D eigenvalue weighted by molar-refractivity contribution is 0.0939. The zero-order valence-corrected chi connectivity index (χ0v) is 15.8. The molecule has 1 heterocycles. The number of benzene rings is 3. The van der Waals surface area contributed by atoms with E-state index in [0.29, 0.717) is 41.3 Å². The van der Waals surface area contributed by atoms with Gasteiger partial charge in [0.1, 0.15) is 12.4 Å². The number of ketones is 1. The molecule has 0 saturated carbocycles. The molecule has 0 atom stereocenters. The first kappa shape index (κ1) is 18.5. The maximum absolute atomic E-state index is 13.1. The van der Waals surface area contributed by atoms with Crippen LogP contribution in [-0.2, 0) is 6.54 Å². The minimum atomic E-state index is -0.286. The summed E-state index contributed by atoms with van der Waals surface area (Å²) in [4.78, 5) is 25.9. The molecule has 2 N–H and O–H groups in total. The standard InChI is InChI=1S/C24H20N2O3/c1-16-15-29-22-12-11-18(13-21(22)26-16)23(27)19-9-5-6-10-20(19)24(28)25-14-17-7-3-2-4-8-17/h2-13,26H,1,14-15H2,(H,25,28). The molecule has 3 aromatic rings. The fourth-order valence-corrected chi connectivity index (χ4v) is 3.19. The van der Waals surface area contributed by atoms with Gasteiger partial charge in [0.15, 0.2) is 5.78 Å². The number of carbonyl (C=O) groups excluding carboxylic acids is 2. The van der Waals surface area contributed by atoms with Crippen LogP contribution in [0, 0.1) is 0 Å². The maximum Gasteiger partial charge on any atom is 0.252 e. The molecule has 29 heavy (non-hydrogen) atoms. The molecule has 0 aromatic heterocycles. The van der Waals surface area contributed by atoms with E-state index in [1.54, 1.807) is 42.5 Å². The lowest BCUT2D eigenvalue weighted by Crippen LogP contribution is -2.25. The van der Waals surface area contributed by atoms with Crippen molar-refractivity contribution in [2.45, 2.75) is 6.54 Å². The predicted octanol–water partition coefficient (Wildman–Crippen LogP) is 4.17. The number of amides is 1. The zero-order chi connectivity index (χ0) is 20.2. The lowest BCUT2D eigenvalue weighted by Gasteiger charge is -2.21. The van der Waals surface area contributed by atoms with E-state index in [4.69, 9.17) is 4.74 Å². The molecule has 0 radical (unpaired) electrons. The Bertz CT molecular complexity index is 1090. The first-order valence-electron chi connectivity index (χ1n) is 9.29. The minimum absolute atomic E-state index is 0.226. The van der Waals surface area contributed by atoms with Crippen molar-refractivity contribution in [2.24, 2.45) is 0 Å². The Hall–Kier alpha value is -3.86. The van der Waals surface area contributed by atoms with Crippen LogP contribution in [0.2, 0.25) is 0 Å². The summed E-state index contributed by atoms with van der Waals surface area (Å²) in [6, 6.07) is 21.6. The predicted molar refractivity (Wildman–Crippen MR) is 112 cm³/mol. The summed E-state index contributed by atoms with van der Waals surface area (Å²) in [7, 11) is 0. The van der Waals surface area contributed by atoms with E-state index in [1.807, 2.05) is 30.3 Å². The Morgan fingerprint density at radius 1 is 0.966 bits per heavy atom. The minimum Gasteiger partial charge on any atom is -0.485 e. The lowest BCUT2D eigenvalue weighted by atomic mass is 9.97. The molecular formula is C24H20N2O3. The highest BCUT2D eigenvalue weighted by molar-refractivity contribution is 6.15. The summed E-state index contributed by atoms with van der Waals surface area (Å²) in [6.45, 7) is 4.64. The number of ether oxygens (including phenoxy) is 1. The molecule has 3 aromatic carbocycles. The third-order valence-electron chi connectivity index (χ3n) is 4.67. The number of fused-ring (bicyclic) bond motifs is 1. The van der Waals surface area contributed by atoms with Crippen molar-refractivity contribution >= 4 is 17.4 Å². The van der Waals surface area contributed by atoms with Crippen molar-refractivity contribution in [3.63, 3.8) is 0 Å². The Labute approximate surface area is 169 Å². The second kappa shape index (κ2) is 8.02. The van der Waals surface area contributed by atoms with Gasteiger partial charge in [0.2, 0.25) is 0 Å². The number of carbonyl (C=O) groups is 2. The number of nitrogens with one attached hydrogen (secondary N) is 2. The number of rotatable bonds is 5. The van der Waals surface area contributed by atoms with E-state index >= 15 is 0 Å². The summed E-state index contributed by atoms with van der Waals surface area (Å²) >= 11 is 0. The van der Waals surface area contributed by atoms with Gasteiger partial charge < -0.3 is 15.4 Å². The Morgan fingerprint density at radius 3 is 2.48 bits per heavy atom. The molecule has 0 bridgehead atoms. The third kappa shape index (κ3) is 4.04. The zero-order valence-electron chi connectivity index (χ0n) is 15.8. The summed E-state index contributed by atoms with van der Waals surface area (Å²) in [5, 5.41) is 6.01. The van der Waals surface area contributed by atoms with Crippen molar-refractivity contribution in [2.75, 3.05) is 11.9 Å². The van der Waals surface area contributed by atoms with Gasteiger partial charge in [-0.25, -0.2) is 0 Å². The van der Waals surface area contributed by atoms with E-state index in [2.05, 4.69) is 17.2 Å². The highest BCUT2D eigenvalue weighted by atomic mass is 16.5. The third-order valence-corrected chi connectivity index (χ3v) is 4.67. The molecule has 1 amide bonds. The van der Waals surface area contributed by atoms with Gasteiger partial charge in [-0.15, -0.1) is 0 Å². The fourth-order valence-electron chi connectivity index (χ4n) is 3.19. The average molecular weight is 384 g/mol. The quantitative estimate of drug-likeness (QED) is 0.648. The van der Waals surface area contributed by atoms with Gasteiger partial charge in [-0.3, -0.25) is 9.59 Å². The van der Waals surface area contributed by atoms with Crippen LogP contribution in [0.4, 0.5) is 5.69 Å². The van der Waals surface area contributed by atoms with Crippen LogP contribution in [-0.4, -0.2) is 18.3 Å². The maximum atomic E-state index is 13.1. The second-order valence-electron chi connectivity index (χ2n) is 6.77. The number of hydrogen-bond acceptors (Lipinski definition) is 4. The van der Waals surface area contributed by atoms with Gasteiger partial charge in [0.25, 0.3) is 5.91 Å². The molecule has 1 aliphatic rings. The second-order valence-corrected chi connectivity index (χ2v) is 6.77. The Balaban J connectivity index is 1.57. The van der Waals surface area contributed by atoms with Crippen LogP contribution in [0.15, 0.2) is 85.1 Å². The summed E-state index contributed by atoms with van der Waals surface area (Å²) in [5.41, 5.74) is 3.58. The van der Waals surface area contributed by atoms with Gasteiger partial charge in [-0.05, 0) is 29.8 Å². The molecule has 1 aliphatic heterocycles. The fraction of sp³-hybridized carbons (Fsp3) is 0.0833. The van der Waals surface area contributed by atoms with E-state index in [9.17, 15) is 9.59 Å². The monoisotopic (exact) mass is 384 g/mol. The van der Waals surface area contributed by atoms with E-state index in [-0.39, 0.29) is 11.7 Å². The van der Waals surface area contributed by atoms with Gasteiger partial charge in [-0.2, -0.15) is 0 Å². The van der Waals surface area contributed by atoms with Crippen molar-refractivity contribution in [1.82, 2.24) is 5.32 Å². The summed E-state index contributed by atoms with van der Waals surface area (Å²) < 4.78 is 5.57. The first-order valence-corrected chi connectivity index (χ1v) is 9.29. The van der Waals surface area contributed by atoms with Crippen molar-refractivity contribution in [3.8, 4) is 5.75 Å². The van der Waals surface area contributed by atoms with Crippen LogP contribution in [0.25, 0.3) is 0 Å². The molecule has 0 spiro atoms. The van der Waals surface area contributed by atoms with Gasteiger partial charge in [0, 0.05) is 23.4 Å². The normalized spacial score (nSPS) is 12.3. The summed E-state index contributed by atoms with van der Waals surface area (Å²) in [6.07, 6.45) is 0. The molecule has 0 saturated heterocycles. The number of anilines is 1. The summed E-state index contributed by atoms with van der Waals surface area (Å²) in [5.74, 6) is 0.157. The number of hydrogen-bond donors (Lipinski definition) is 2. The van der Waals surface area contributed by atoms with Crippen molar-refractivity contribution in [3.05, 3.63) is 107 Å². The van der Waals surface area contributed by atoms with Gasteiger partial charge >= 0.3 is 0 Å². The SMILES string of the molecule is C=C1COc2ccc(C(=O)c3ccccc3C(=O)NCc3ccccc3)cc2N1. The largest absolute Gasteiger partial charge is 0.485 e. The first-order chi connectivity index (χ1) is 14.1. The molecule has 5 heteroatoms. The Kier molecular flexibility index (Phi) is 5.12. The molecule has 5 nitrogen and oxygen atoms in total. The van der Waals surface area contributed by atoms with Gasteiger partial charge in [-0.1, -0.05) is 55.1 Å². The van der Waals surface area contributed by atoms with Crippen LogP contribution >= 0.6 is 0 Å². The molecule has 0 unspecified atom stereocenters. The van der Waals surface area contributed by atoms with Crippen LogP contribution < -0.4 is 15.4 Å². The van der Waals surface area contributed by atoms with Crippen molar-refractivity contribution in [1.29, 1.82) is 0 Å². The van der Waals surface area contributed by atoms with E-state index in [0.717, 1.165) is 11.3 Å². The smallest absolute Gasteiger partial charge is 0.252 e. The molecule has 0 fully saturated rings.